The van der Waals surface area contributed by atoms with Crippen LogP contribution >= 0.6 is 15.9 Å². The zero-order chi connectivity index (χ0) is 12.9. The molecule has 0 radical (unpaired) electrons. The summed E-state index contributed by atoms with van der Waals surface area (Å²) in [5.74, 6) is -1.33. The van der Waals surface area contributed by atoms with Gasteiger partial charge in [-0.25, -0.2) is 8.78 Å². The Morgan fingerprint density at radius 2 is 2.11 bits per heavy atom. The van der Waals surface area contributed by atoms with Gasteiger partial charge in [0.1, 0.15) is 17.2 Å². The molecule has 0 aromatic heterocycles. The predicted octanol–water partition coefficient (Wildman–Crippen LogP) is 2.78. The molecule has 18 heavy (non-hydrogen) atoms. The maximum absolute atomic E-state index is 14.2. The Labute approximate surface area is 113 Å². The monoisotopic (exact) mass is 317 g/mol. The molecule has 0 spiro atoms. The van der Waals surface area contributed by atoms with Crippen molar-refractivity contribution in [2.75, 3.05) is 13.1 Å². The number of nitrogens with zero attached hydrogens (tertiary/aromatic N) is 1. The molecule has 2 atom stereocenters. The van der Waals surface area contributed by atoms with Gasteiger partial charge in [-0.2, -0.15) is 0 Å². The Morgan fingerprint density at radius 1 is 1.33 bits per heavy atom. The standard InChI is InChI=1S/C13H14BrF2NO/c14-8-3-4-9(15)11(12(8)16)13(18)5-7-17-6-1-2-10(13)17/h3-4,10,18H,1-2,5-7H2. The van der Waals surface area contributed by atoms with Crippen molar-refractivity contribution in [3.8, 4) is 0 Å². The molecule has 0 amide bonds. The number of fused-ring (bicyclic) bond motifs is 1. The van der Waals surface area contributed by atoms with E-state index in [1.807, 2.05) is 0 Å². The van der Waals surface area contributed by atoms with Crippen molar-refractivity contribution >= 4 is 15.9 Å². The first-order valence-corrected chi connectivity index (χ1v) is 6.94. The van der Waals surface area contributed by atoms with Gasteiger partial charge in [-0.15, -0.1) is 0 Å². The Balaban J connectivity index is 2.12. The molecule has 2 nitrogen and oxygen atoms in total. The van der Waals surface area contributed by atoms with E-state index in [9.17, 15) is 13.9 Å². The van der Waals surface area contributed by atoms with Crippen LogP contribution in [-0.4, -0.2) is 29.1 Å². The average Bonchev–Trinajstić information content (AvgIpc) is 2.90. The summed E-state index contributed by atoms with van der Waals surface area (Å²) in [5.41, 5.74) is -1.57. The zero-order valence-corrected chi connectivity index (χ0v) is 11.4. The molecule has 2 aliphatic heterocycles. The van der Waals surface area contributed by atoms with E-state index in [0.29, 0.717) is 13.0 Å². The third-order valence-corrected chi connectivity index (χ3v) is 4.78. The summed E-state index contributed by atoms with van der Waals surface area (Å²) < 4.78 is 28.3. The van der Waals surface area contributed by atoms with Gasteiger partial charge in [0.25, 0.3) is 0 Å². The van der Waals surface area contributed by atoms with Gasteiger partial charge in [-0.1, -0.05) is 0 Å². The zero-order valence-electron chi connectivity index (χ0n) is 9.80. The van der Waals surface area contributed by atoms with Gasteiger partial charge >= 0.3 is 0 Å². The maximum Gasteiger partial charge on any atom is 0.146 e. The van der Waals surface area contributed by atoms with Crippen molar-refractivity contribution in [3.63, 3.8) is 0 Å². The van der Waals surface area contributed by atoms with Crippen LogP contribution in [0.25, 0.3) is 0 Å². The number of hydrogen-bond donors (Lipinski definition) is 1. The van der Waals surface area contributed by atoms with Crippen molar-refractivity contribution in [2.45, 2.75) is 30.9 Å². The minimum atomic E-state index is -1.39. The predicted molar refractivity (Wildman–Crippen MR) is 67.2 cm³/mol. The highest BCUT2D eigenvalue weighted by Gasteiger charge is 2.51. The van der Waals surface area contributed by atoms with Crippen LogP contribution in [0.15, 0.2) is 16.6 Å². The lowest BCUT2D eigenvalue weighted by molar-refractivity contribution is 0.00276. The van der Waals surface area contributed by atoms with Crippen LogP contribution < -0.4 is 0 Å². The number of hydrogen-bond acceptors (Lipinski definition) is 2. The molecule has 3 rings (SSSR count). The van der Waals surface area contributed by atoms with E-state index in [1.165, 1.54) is 12.1 Å². The summed E-state index contributed by atoms with van der Waals surface area (Å²) in [4.78, 5) is 2.12. The minimum absolute atomic E-state index is 0.157. The molecule has 2 unspecified atom stereocenters. The molecule has 0 aliphatic carbocycles. The van der Waals surface area contributed by atoms with E-state index in [-0.39, 0.29) is 16.1 Å². The summed E-state index contributed by atoms with van der Waals surface area (Å²) in [6.07, 6.45) is 2.16. The number of rotatable bonds is 1. The lowest BCUT2D eigenvalue weighted by Gasteiger charge is -2.31. The van der Waals surface area contributed by atoms with E-state index in [4.69, 9.17) is 0 Å². The SMILES string of the molecule is OC1(c2c(F)ccc(Br)c2F)CCN2CCCC21. The van der Waals surface area contributed by atoms with Gasteiger partial charge in [0, 0.05) is 12.6 Å². The third kappa shape index (κ3) is 1.64. The average molecular weight is 318 g/mol. The van der Waals surface area contributed by atoms with Gasteiger partial charge in [-0.3, -0.25) is 4.90 Å². The fourth-order valence-corrected chi connectivity index (χ4v) is 3.66. The van der Waals surface area contributed by atoms with Crippen LogP contribution in [0.5, 0.6) is 0 Å². The first-order valence-electron chi connectivity index (χ1n) is 6.14. The molecule has 1 aromatic carbocycles. The highest BCUT2D eigenvalue weighted by atomic mass is 79.9. The van der Waals surface area contributed by atoms with Crippen molar-refractivity contribution in [1.29, 1.82) is 0 Å². The molecule has 5 heteroatoms. The molecule has 98 valence electrons. The molecule has 2 heterocycles. The summed E-state index contributed by atoms with van der Waals surface area (Å²) >= 11 is 3.06. The van der Waals surface area contributed by atoms with Crippen molar-refractivity contribution < 1.29 is 13.9 Å². The fraction of sp³-hybridized carbons (Fsp3) is 0.538. The fourth-order valence-electron chi connectivity index (χ4n) is 3.33. The lowest BCUT2D eigenvalue weighted by Crippen LogP contribution is -2.40. The van der Waals surface area contributed by atoms with Crippen molar-refractivity contribution in [1.82, 2.24) is 4.90 Å². The van der Waals surface area contributed by atoms with Gasteiger partial charge in [0.2, 0.25) is 0 Å². The second-order valence-corrected chi connectivity index (χ2v) is 5.94. The van der Waals surface area contributed by atoms with Gasteiger partial charge < -0.3 is 5.11 Å². The molecule has 2 aliphatic rings. The summed E-state index contributed by atoms with van der Waals surface area (Å²) in [7, 11) is 0. The Morgan fingerprint density at radius 3 is 2.89 bits per heavy atom. The quantitative estimate of drug-likeness (QED) is 0.805. The Hall–Kier alpha value is -0.520. The van der Waals surface area contributed by atoms with Crippen LogP contribution in [0.3, 0.4) is 0 Å². The first-order chi connectivity index (χ1) is 8.54. The minimum Gasteiger partial charge on any atom is -0.383 e. The topological polar surface area (TPSA) is 23.5 Å². The Kier molecular flexibility index (Phi) is 2.95. The van der Waals surface area contributed by atoms with Crippen LogP contribution in [-0.2, 0) is 5.60 Å². The molecule has 0 bridgehead atoms. The van der Waals surface area contributed by atoms with Crippen molar-refractivity contribution in [3.05, 3.63) is 33.8 Å². The van der Waals surface area contributed by atoms with Crippen molar-refractivity contribution in [2.24, 2.45) is 0 Å². The van der Waals surface area contributed by atoms with E-state index in [1.54, 1.807) is 0 Å². The molecule has 1 aromatic rings. The normalized spacial score (nSPS) is 31.9. The van der Waals surface area contributed by atoms with E-state index in [0.717, 1.165) is 19.4 Å². The molecule has 2 fully saturated rings. The van der Waals surface area contributed by atoms with Gasteiger partial charge in [-0.05, 0) is 53.9 Å². The third-order valence-electron chi connectivity index (χ3n) is 4.17. The van der Waals surface area contributed by atoms with E-state index >= 15 is 0 Å². The second-order valence-electron chi connectivity index (χ2n) is 5.09. The number of benzene rings is 1. The first kappa shape index (κ1) is 12.5. The summed E-state index contributed by atoms with van der Waals surface area (Å²) in [6, 6.07) is 2.38. The number of aliphatic hydroxyl groups is 1. The highest BCUT2D eigenvalue weighted by Crippen LogP contribution is 2.45. The molecular weight excluding hydrogens is 304 g/mol. The van der Waals surface area contributed by atoms with E-state index in [2.05, 4.69) is 20.8 Å². The van der Waals surface area contributed by atoms with Gasteiger partial charge in [0.15, 0.2) is 0 Å². The second kappa shape index (κ2) is 4.25. The highest BCUT2D eigenvalue weighted by molar-refractivity contribution is 9.10. The van der Waals surface area contributed by atoms with Gasteiger partial charge in [0.05, 0.1) is 10.0 Å². The summed E-state index contributed by atoms with van der Waals surface area (Å²) in [6.45, 7) is 1.61. The van der Waals surface area contributed by atoms with E-state index < -0.39 is 17.2 Å². The lowest BCUT2D eigenvalue weighted by atomic mass is 9.84. The summed E-state index contributed by atoms with van der Waals surface area (Å²) in [5, 5.41) is 10.8. The maximum atomic E-state index is 14.2. The molecule has 2 saturated heterocycles. The van der Waals surface area contributed by atoms with Crippen LogP contribution in [0.2, 0.25) is 0 Å². The van der Waals surface area contributed by atoms with Crippen LogP contribution in [0, 0.1) is 11.6 Å². The largest absolute Gasteiger partial charge is 0.383 e. The number of halogens is 3. The molecule has 1 N–H and O–H groups in total. The van der Waals surface area contributed by atoms with Crippen LogP contribution in [0.4, 0.5) is 8.78 Å². The molecule has 0 saturated carbocycles. The molecular formula is C13H14BrF2NO. The van der Waals surface area contributed by atoms with Crippen LogP contribution in [0.1, 0.15) is 24.8 Å². The smallest absolute Gasteiger partial charge is 0.146 e. The Bertz CT molecular complexity index is 496.